The lowest BCUT2D eigenvalue weighted by Gasteiger charge is -2.33. The second-order valence-electron chi connectivity index (χ2n) is 5.56. The van der Waals surface area contributed by atoms with Crippen LogP contribution in [0.1, 0.15) is 38.3 Å². The molecule has 2 N–H and O–H groups in total. The lowest BCUT2D eigenvalue weighted by atomic mass is 9.80. The number of hydrogen-bond acceptors (Lipinski definition) is 2. The number of hydrogen-bond donors (Lipinski definition) is 2. The van der Waals surface area contributed by atoms with E-state index < -0.39 is 0 Å². The van der Waals surface area contributed by atoms with Gasteiger partial charge in [0.1, 0.15) is 0 Å². The summed E-state index contributed by atoms with van der Waals surface area (Å²) in [5.41, 5.74) is 0.788. The summed E-state index contributed by atoms with van der Waals surface area (Å²) >= 11 is 5.98. The molecule has 2 rings (SSSR count). The first-order valence-corrected chi connectivity index (χ1v) is 7.16. The molecule has 0 aromatic heterocycles. The fraction of sp³-hybridized carbons (Fsp3) is 0.533. The van der Waals surface area contributed by atoms with Gasteiger partial charge >= 0.3 is 0 Å². The van der Waals surface area contributed by atoms with Crippen LogP contribution in [-0.2, 0) is 4.79 Å². The van der Waals surface area contributed by atoms with Crippen molar-refractivity contribution in [2.45, 2.75) is 32.7 Å². The van der Waals surface area contributed by atoms with Crippen LogP contribution < -0.4 is 10.6 Å². The van der Waals surface area contributed by atoms with Gasteiger partial charge in [-0.1, -0.05) is 30.7 Å². The highest BCUT2D eigenvalue weighted by Crippen LogP contribution is 2.29. The minimum absolute atomic E-state index is 0.0158. The number of amides is 1. The van der Waals surface area contributed by atoms with Gasteiger partial charge in [0.2, 0.25) is 5.91 Å². The van der Waals surface area contributed by atoms with Crippen LogP contribution in [0.15, 0.2) is 24.3 Å². The average molecular weight is 281 g/mol. The topological polar surface area (TPSA) is 41.1 Å². The van der Waals surface area contributed by atoms with Crippen LogP contribution in [0.4, 0.5) is 0 Å². The quantitative estimate of drug-likeness (QED) is 0.894. The Labute approximate surface area is 119 Å². The number of carbonyl (C=O) groups excluding carboxylic acids is 1. The molecule has 19 heavy (non-hydrogen) atoms. The van der Waals surface area contributed by atoms with Crippen LogP contribution in [0, 0.1) is 5.41 Å². The van der Waals surface area contributed by atoms with E-state index in [1.54, 1.807) is 0 Å². The molecule has 104 valence electrons. The van der Waals surface area contributed by atoms with Crippen molar-refractivity contribution >= 4 is 17.5 Å². The fourth-order valence-corrected chi connectivity index (χ4v) is 2.63. The monoisotopic (exact) mass is 280 g/mol. The van der Waals surface area contributed by atoms with Crippen molar-refractivity contribution in [3.8, 4) is 0 Å². The Hall–Kier alpha value is -1.06. The molecule has 4 heteroatoms. The summed E-state index contributed by atoms with van der Waals surface area (Å²) in [5, 5.41) is 7.10. The molecule has 1 aromatic rings. The molecular formula is C15H21ClN2O. The first kappa shape index (κ1) is 14.4. The first-order valence-electron chi connectivity index (χ1n) is 6.78. The second-order valence-corrected chi connectivity index (χ2v) is 6.00. The third-order valence-electron chi connectivity index (χ3n) is 3.95. The molecule has 0 spiro atoms. The summed E-state index contributed by atoms with van der Waals surface area (Å²) in [5.74, 6) is 0.140. The molecule has 1 aromatic carbocycles. The summed E-state index contributed by atoms with van der Waals surface area (Å²) in [6.07, 6.45) is 1.78. The largest absolute Gasteiger partial charge is 0.349 e. The van der Waals surface area contributed by atoms with Crippen molar-refractivity contribution in [2.24, 2.45) is 5.41 Å². The van der Waals surface area contributed by atoms with Crippen LogP contribution in [-0.4, -0.2) is 19.0 Å². The van der Waals surface area contributed by atoms with Crippen molar-refractivity contribution in [3.63, 3.8) is 0 Å². The van der Waals surface area contributed by atoms with Crippen LogP contribution in [0.3, 0.4) is 0 Å². The number of nitrogens with one attached hydrogen (secondary N) is 2. The summed E-state index contributed by atoms with van der Waals surface area (Å²) in [6, 6.07) is 7.62. The van der Waals surface area contributed by atoms with Crippen LogP contribution in [0.2, 0.25) is 5.02 Å². The molecule has 1 aliphatic heterocycles. The smallest absolute Gasteiger partial charge is 0.226 e. The van der Waals surface area contributed by atoms with E-state index in [-0.39, 0.29) is 17.4 Å². The Morgan fingerprint density at radius 2 is 2.11 bits per heavy atom. The number of carbonyl (C=O) groups is 1. The predicted molar refractivity (Wildman–Crippen MR) is 78.2 cm³/mol. The highest BCUT2D eigenvalue weighted by atomic mass is 35.5. The maximum Gasteiger partial charge on any atom is 0.226 e. The summed E-state index contributed by atoms with van der Waals surface area (Å²) < 4.78 is 0. The lowest BCUT2D eigenvalue weighted by molar-refractivity contribution is -0.132. The summed E-state index contributed by atoms with van der Waals surface area (Å²) in [4.78, 5) is 12.4. The lowest BCUT2D eigenvalue weighted by Crippen LogP contribution is -2.46. The molecule has 3 nitrogen and oxygen atoms in total. The number of piperidine rings is 1. The van der Waals surface area contributed by atoms with Gasteiger partial charge in [0, 0.05) is 10.4 Å². The molecule has 1 amide bonds. The molecule has 1 atom stereocenters. The molecule has 1 aliphatic rings. The minimum atomic E-state index is -0.252. The predicted octanol–water partition coefficient (Wildman–Crippen LogP) is 2.91. The van der Waals surface area contributed by atoms with Gasteiger partial charge in [0.25, 0.3) is 0 Å². The Kier molecular flexibility index (Phi) is 4.48. The van der Waals surface area contributed by atoms with E-state index in [2.05, 4.69) is 10.6 Å². The molecule has 0 aliphatic carbocycles. The van der Waals surface area contributed by atoms with E-state index in [0.717, 1.165) is 31.5 Å². The number of rotatable bonds is 3. The van der Waals surface area contributed by atoms with Crippen LogP contribution in [0.5, 0.6) is 0 Å². The SMILES string of the molecule is CC(NC(=O)C1(C)CCNCC1)c1cccc(Cl)c1. The van der Waals surface area contributed by atoms with E-state index in [9.17, 15) is 4.79 Å². The molecular weight excluding hydrogens is 260 g/mol. The minimum Gasteiger partial charge on any atom is -0.349 e. The Bertz CT molecular complexity index is 455. The zero-order valence-corrected chi connectivity index (χ0v) is 12.3. The van der Waals surface area contributed by atoms with Gasteiger partial charge in [-0.2, -0.15) is 0 Å². The molecule has 0 radical (unpaired) electrons. The van der Waals surface area contributed by atoms with E-state index in [1.807, 2.05) is 38.1 Å². The van der Waals surface area contributed by atoms with Gasteiger partial charge in [-0.05, 0) is 50.6 Å². The summed E-state index contributed by atoms with van der Waals surface area (Å²) in [7, 11) is 0. The van der Waals surface area contributed by atoms with E-state index in [4.69, 9.17) is 11.6 Å². The maximum absolute atomic E-state index is 12.4. The average Bonchev–Trinajstić information content (AvgIpc) is 2.39. The highest BCUT2D eigenvalue weighted by Gasteiger charge is 2.35. The van der Waals surface area contributed by atoms with Crippen LogP contribution >= 0.6 is 11.6 Å². The molecule has 1 unspecified atom stereocenters. The third-order valence-corrected chi connectivity index (χ3v) is 4.19. The van der Waals surface area contributed by atoms with Crippen molar-refractivity contribution in [2.75, 3.05) is 13.1 Å². The number of halogens is 1. The fourth-order valence-electron chi connectivity index (χ4n) is 2.44. The highest BCUT2D eigenvalue weighted by molar-refractivity contribution is 6.30. The van der Waals surface area contributed by atoms with Crippen molar-refractivity contribution in [1.29, 1.82) is 0 Å². The van der Waals surface area contributed by atoms with Gasteiger partial charge in [-0.15, -0.1) is 0 Å². The first-order chi connectivity index (χ1) is 9.01. The normalized spacial score (nSPS) is 19.7. The Balaban J connectivity index is 2.02. The van der Waals surface area contributed by atoms with Gasteiger partial charge in [-0.3, -0.25) is 4.79 Å². The zero-order valence-electron chi connectivity index (χ0n) is 11.5. The van der Waals surface area contributed by atoms with Crippen LogP contribution in [0.25, 0.3) is 0 Å². The van der Waals surface area contributed by atoms with Gasteiger partial charge in [0.05, 0.1) is 6.04 Å². The molecule has 1 saturated heterocycles. The van der Waals surface area contributed by atoms with Gasteiger partial charge < -0.3 is 10.6 Å². The van der Waals surface area contributed by atoms with E-state index in [1.165, 1.54) is 0 Å². The van der Waals surface area contributed by atoms with E-state index >= 15 is 0 Å². The second kappa shape index (κ2) is 5.93. The Morgan fingerprint density at radius 3 is 2.74 bits per heavy atom. The van der Waals surface area contributed by atoms with Crippen molar-refractivity contribution in [1.82, 2.24) is 10.6 Å². The van der Waals surface area contributed by atoms with Crippen molar-refractivity contribution in [3.05, 3.63) is 34.9 Å². The van der Waals surface area contributed by atoms with Crippen molar-refractivity contribution < 1.29 is 4.79 Å². The zero-order chi connectivity index (χ0) is 13.9. The Morgan fingerprint density at radius 1 is 1.42 bits per heavy atom. The summed E-state index contributed by atoms with van der Waals surface area (Å²) in [6.45, 7) is 5.87. The standard InChI is InChI=1S/C15H21ClN2O/c1-11(12-4-3-5-13(16)10-12)18-14(19)15(2)6-8-17-9-7-15/h3-5,10-11,17H,6-9H2,1-2H3,(H,18,19). The van der Waals surface area contributed by atoms with E-state index in [0.29, 0.717) is 5.02 Å². The molecule has 1 heterocycles. The van der Waals surface area contributed by atoms with Gasteiger partial charge in [0.15, 0.2) is 0 Å². The molecule has 1 fully saturated rings. The molecule has 0 saturated carbocycles. The maximum atomic E-state index is 12.4. The van der Waals surface area contributed by atoms with Gasteiger partial charge in [-0.25, -0.2) is 0 Å². The number of benzene rings is 1. The molecule has 0 bridgehead atoms. The third kappa shape index (κ3) is 3.48.